The summed E-state index contributed by atoms with van der Waals surface area (Å²) < 4.78 is 0. The van der Waals surface area contributed by atoms with E-state index in [1.807, 2.05) is 19.1 Å². The summed E-state index contributed by atoms with van der Waals surface area (Å²) in [5.74, 6) is 0. The number of hydrogen-bond acceptors (Lipinski definition) is 2. The van der Waals surface area contributed by atoms with E-state index in [1.54, 1.807) is 0 Å². The van der Waals surface area contributed by atoms with Crippen molar-refractivity contribution in [2.75, 3.05) is 7.05 Å². The normalized spacial score (nSPS) is 20.3. The maximum atomic E-state index is 4.05. The van der Waals surface area contributed by atoms with Crippen LogP contribution in [0.4, 0.5) is 0 Å². The van der Waals surface area contributed by atoms with E-state index in [0.29, 0.717) is 0 Å². The molecule has 0 amide bonds. The highest BCUT2D eigenvalue weighted by atomic mass is 15.1. The lowest BCUT2D eigenvalue weighted by Crippen LogP contribution is -2.32. The molecule has 180 valence electrons. The van der Waals surface area contributed by atoms with E-state index in [9.17, 15) is 0 Å². The average Bonchev–Trinajstić information content (AvgIpc) is 2.98. The second-order valence-corrected chi connectivity index (χ2v) is 10.1. The molecule has 0 aromatic carbocycles. The summed E-state index contributed by atoms with van der Waals surface area (Å²) in [6, 6.07) is 0.254. The summed E-state index contributed by atoms with van der Waals surface area (Å²) in [5, 5.41) is 3.69. The molecular formula is C31H46N2. The van der Waals surface area contributed by atoms with Crippen LogP contribution in [0.5, 0.6) is 0 Å². The molecule has 0 fully saturated rings. The van der Waals surface area contributed by atoms with E-state index in [4.69, 9.17) is 0 Å². The van der Waals surface area contributed by atoms with E-state index < -0.39 is 0 Å². The van der Waals surface area contributed by atoms with E-state index in [0.717, 1.165) is 6.42 Å². The molecule has 0 saturated heterocycles. The third-order valence-corrected chi connectivity index (χ3v) is 6.09. The molecule has 0 saturated carbocycles. The van der Waals surface area contributed by atoms with E-state index in [2.05, 4.69) is 139 Å². The van der Waals surface area contributed by atoms with Gasteiger partial charge in [0.15, 0.2) is 0 Å². The highest BCUT2D eigenvalue weighted by Crippen LogP contribution is 2.40. The topological polar surface area (TPSA) is 15.3 Å². The number of allylic oxidation sites excluding steroid dienone is 13. The van der Waals surface area contributed by atoms with Gasteiger partial charge in [-0.2, -0.15) is 0 Å². The van der Waals surface area contributed by atoms with E-state index in [1.165, 1.54) is 22.5 Å². The molecule has 0 aromatic rings. The molecular weight excluding hydrogens is 400 g/mol. The Labute approximate surface area is 204 Å². The van der Waals surface area contributed by atoms with E-state index in [-0.39, 0.29) is 16.9 Å². The van der Waals surface area contributed by atoms with Crippen LogP contribution in [0, 0.1) is 10.8 Å². The molecule has 0 spiro atoms. The highest BCUT2D eigenvalue weighted by Gasteiger charge is 2.37. The lowest BCUT2D eigenvalue weighted by molar-refractivity contribution is 0.404. The monoisotopic (exact) mass is 446 g/mol. The van der Waals surface area contributed by atoms with Crippen LogP contribution in [0.2, 0.25) is 0 Å². The van der Waals surface area contributed by atoms with Gasteiger partial charge in [0.2, 0.25) is 0 Å². The Morgan fingerprint density at radius 1 is 1.06 bits per heavy atom. The van der Waals surface area contributed by atoms with Gasteiger partial charge in [-0.05, 0) is 43.4 Å². The van der Waals surface area contributed by atoms with Crippen LogP contribution >= 0.6 is 0 Å². The molecule has 2 heteroatoms. The Hall–Kier alpha value is -2.74. The van der Waals surface area contributed by atoms with Gasteiger partial charge in [-0.15, -0.1) is 0 Å². The number of nitrogens with zero attached hydrogens (tertiary/aromatic N) is 1. The fraction of sp³-hybridized carbons (Fsp3) is 0.419. The van der Waals surface area contributed by atoms with Crippen molar-refractivity contribution in [3.63, 3.8) is 0 Å². The molecule has 1 N–H and O–H groups in total. The first-order valence-corrected chi connectivity index (χ1v) is 12.0. The van der Waals surface area contributed by atoms with Crippen LogP contribution in [0.15, 0.2) is 108 Å². The molecule has 0 aromatic heterocycles. The fourth-order valence-electron chi connectivity index (χ4n) is 3.70. The summed E-state index contributed by atoms with van der Waals surface area (Å²) in [5.41, 5.74) is 5.15. The van der Waals surface area contributed by atoms with Crippen LogP contribution in [0.3, 0.4) is 0 Å². The third-order valence-electron chi connectivity index (χ3n) is 6.09. The zero-order valence-electron chi connectivity index (χ0n) is 22.4. The Kier molecular flexibility index (Phi) is 11.2. The van der Waals surface area contributed by atoms with Gasteiger partial charge in [0, 0.05) is 36.5 Å². The Bertz CT molecular complexity index is 890. The average molecular weight is 447 g/mol. The van der Waals surface area contributed by atoms with Crippen molar-refractivity contribution in [3.8, 4) is 0 Å². The van der Waals surface area contributed by atoms with Crippen LogP contribution in [0.25, 0.3) is 0 Å². The molecule has 0 aliphatic carbocycles. The predicted molar refractivity (Wildman–Crippen MR) is 149 cm³/mol. The lowest BCUT2D eigenvalue weighted by Gasteiger charge is -2.26. The third kappa shape index (κ3) is 8.61. The molecule has 1 unspecified atom stereocenters. The molecule has 1 heterocycles. The zero-order chi connectivity index (χ0) is 25.1. The number of rotatable bonds is 10. The minimum atomic E-state index is 0.0175. The van der Waals surface area contributed by atoms with Crippen molar-refractivity contribution < 1.29 is 0 Å². The number of nitrogens with one attached hydrogen (secondary N) is 1. The minimum Gasteiger partial charge on any atom is -0.381 e. The Balaban J connectivity index is 2.89. The molecule has 33 heavy (non-hydrogen) atoms. The summed E-state index contributed by atoms with van der Waals surface area (Å²) in [4.78, 5) is 2.18. The van der Waals surface area contributed by atoms with Crippen LogP contribution in [-0.4, -0.2) is 18.0 Å². The van der Waals surface area contributed by atoms with Gasteiger partial charge in [-0.3, -0.25) is 0 Å². The molecule has 0 bridgehead atoms. The van der Waals surface area contributed by atoms with Crippen LogP contribution < -0.4 is 5.32 Å². The second kappa shape index (κ2) is 13.1. The van der Waals surface area contributed by atoms with Gasteiger partial charge in [-0.25, -0.2) is 0 Å². The smallest absolute Gasteiger partial charge is 0.0536 e. The standard InChI is InChI=1S/C31H46N2/c1-11-14-17-21-26(30(5,6)7)24-33(10)25(4)20-18-16-19-23-29-31(8,9)27(13-3)28(32-29)22-15-12-2/h11-21,23-24,29,32H,3,22H2,1-2,4-10H3/b14-11-,15-12-,18-16+,21-17-,23-19+,25-20+,26-24-. The van der Waals surface area contributed by atoms with Gasteiger partial charge in [0.1, 0.15) is 0 Å². The van der Waals surface area contributed by atoms with Crippen molar-refractivity contribution in [1.29, 1.82) is 0 Å². The molecule has 1 atom stereocenters. The summed E-state index contributed by atoms with van der Waals surface area (Å²) in [7, 11) is 2.10. The molecule has 1 aliphatic heterocycles. The molecule has 2 nitrogen and oxygen atoms in total. The SMILES string of the molecule is C=CC1=C(C/C=C\C)NC(/C=C/C=C/C=C(\C)N(C)/C=C(/C=C\C=C/C)C(C)(C)C)C1(C)C. The fourth-order valence-corrected chi connectivity index (χ4v) is 3.70. The second-order valence-electron chi connectivity index (χ2n) is 10.1. The molecule has 1 aliphatic rings. The quantitative estimate of drug-likeness (QED) is 0.268. The molecule has 0 radical (unpaired) electrons. The molecule has 1 rings (SSSR count). The van der Waals surface area contributed by atoms with Crippen molar-refractivity contribution in [2.45, 2.75) is 67.9 Å². The van der Waals surface area contributed by atoms with Crippen LogP contribution in [0.1, 0.15) is 61.8 Å². The Morgan fingerprint density at radius 3 is 2.33 bits per heavy atom. The first-order valence-electron chi connectivity index (χ1n) is 12.0. The van der Waals surface area contributed by atoms with Gasteiger partial charge in [0.05, 0.1) is 6.04 Å². The predicted octanol–water partition coefficient (Wildman–Crippen LogP) is 8.40. The van der Waals surface area contributed by atoms with Gasteiger partial charge in [0.25, 0.3) is 0 Å². The van der Waals surface area contributed by atoms with Crippen molar-refractivity contribution >= 4 is 0 Å². The number of hydrogen-bond donors (Lipinski definition) is 1. The zero-order valence-corrected chi connectivity index (χ0v) is 22.4. The first-order chi connectivity index (χ1) is 15.5. The minimum absolute atomic E-state index is 0.0175. The summed E-state index contributed by atoms with van der Waals surface area (Å²) in [6.45, 7) is 21.6. The van der Waals surface area contributed by atoms with Gasteiger partial charge in [-0.1, -0.05) is 108 Å². The van der Waals surface area contributed by atoms with Crippen molar-refractivity contribution in [1.82, 2.24) is 10.2 Å². The lowest BCUT2D eigenvalue weighted by atomic mass is 9.79. The van der Waals surface area contributed by atoms with Gasteiger partial charge < -0.3 is 10.2 Å². The van der Waals surface area contributed by atoms with Crippen molar-refractivity contribution in [2.24, 2.45) is 10.8 Å². The van der Waals surface area contributed by atoms with E-state index >= 15 is 0 Å². The highest BCUT2D eigenvalue weighted by molar-refractivity contribution is 5.40. The van der Waals surface area contributed by atoms with Crippen LogP contribution in [-0.2, 0) is 0 Å². The maximum absolute atomic E-state index is 4.05. The van der Waals surface area contributed by atoms with Crippen molar-refractivity contribution in [3.05, 3.63) is 108 Å². The summed E-state index contributed by atoms with van der Waals surface area (Å²) >= 11 is 0. The largest absolute Gasteiger partial charge is 0.381 e. The van der Waals surface area contributed by atoms with Gasteiger partial charge >= 0.3 is 0 Å². The maximum Gasteiger partial charge on any atom is 0.0536 e. The first kappa shape index (κ1) is 28.3. The Morgan fingerprint density at radius 2 is 1.76 bits per heavy atom. The summed E-state index contributed by atoms with van der Waals surface area (Å²) in [6.07, 6.45) is 28.6.